The van der Waals surface area contributed by atoms with Crippen molar-refractivity contribution >= 4 is 27.3 Å². The number of rotatable bonds is 4. The summed E-state index contributed by atoms with van der Waals surface area (Å²) in [6.45, 7) is 1.40. The van der Waals surface area contributed by atoms with Crippen LogP contribution in [0.1, 0.15) is 6.42 Å². The molecule has 0 aliphatic rings. The van der Waals surface area contributed by atoms with Crippen molar-refractivity contribution in [1.29, 1.82) is 0 Å². The van der Waals surface area contributed by atoms with Crippen molar-refractivity contribution in [2.45, 2.75) is 6.42 Å². The highest BCUT2D eigenvalue weighted by Gasteiger charge is 1.96. The van der Waals surface area contributed by atoms with E-state index in [1.165, 1.54) is 0 Å². The van der Waals surface area contributed by atoms with E-state index in [1.807, 2.05) is 12.1 Å². The second-order valence-electron chi connectivity index (χ2n) is 2.05. The lowest BCUT2D eigenvalue weighted by Gasteiger charge is -1.99. The second kappa shape index (κ2) is 4.74. The van der Waals surface area contributed by atoms with Crippen LogP contribution in [0.5, 0.6) is 5.06 Å². The van der Waals surface area contributed by atoms with E-state index in [0.717, 1.165) is 15.3 Å². The third-order valence-electron chi connectivity index (χ3n) is 1.14. The molecule has 0 aliphatic heterocycles. The van der Waals surface area contributed by atoms with Gasteiger partial charge in [-0.15, -0.1) is 0 Å². The highest BCUT2D eigenvalue weighted by molar-refractivity contribution is 9.11. The Morgan fingerprint density at radius 2 is 2.36 bits per heavy atom. The lowest BCUT2D eigenvalue weighted by Crippen LogP contribution is -2.05. The minimum absolute atomic E-state index is 0.687. The monoisotopic (exact) mass is 235 g/mol. The van der Waals surface area contributed by atoms with Gasteiger partial charge in [0.1, 0.15) is 0 Å². The maximum absolute atomic E-state index is 5.38. The fourth-order valence-corrected chi connectivity index (χ4v) is 1.85. The van der Waals surface area contributed by atoms with Gasteiger partial charge in [-0.3, -0.25) is 0 Å². The van der Waals surface area contributed by atoms with E-state index in [-0.39, 0.29) is 0 Å². The first-order valence-corrected chi connectivity index (χ1v) is 5.02. The molecule has 0 saturated heterocycles. The van der Waals surface area contributed by atoms with E-state index in [2.05, 4.69) is 15.9 Å². The van der Waals surface area contributed by atoms with Gasteiger partial charge in [0.05, 0.1) is 10.4 Å². The molecule has 0 unspecified atom stereocenters. The molecule has 0 bridgehead atoms. The molecule has 0 spiro atoms. The van der Waals surface area contributed by atoms with Crippen molar-refractivity contribution in [3.05, 3.63) is 15.9 Å². The molecular weight excluding hydrogens is 226 g/mol. The summed E-state index contributed by atoms with van der Waals surface area (Å²) in [5, 5.41) is 0.949. The number of halogens is 1. The molecule has 0 aromatic carbocycles. The SMILES string of the molecule is NCCCOc1ccc(Br)s1. The highest BCUT2D eigenvalue weighted by Crippen LogP contribution is 2.28. The quantitative estimate of drug-likeness (QED) is 0.813. The predicted molar refractivity (Wildman–Crippen MR) is 51.2 cm³/mol. The molecule has 0 aliphatic carbocycles. The Bertz CT molecular complexity index is 214. The molecule has 0 atom stereocenters. The van der Waals surface area contributed by atoms with Gasteiger partial charge >= 0.3 is 0 Å². The maximum atomic E-state index is 5.38. The van der Waals surface area contributed by atoms with Crippen molar-refractivity contribution in [2.75, 3.05) is 13.2 Å². The van der Waals surface area contributed by atoms with Gasteiger partial charge in [0.25, 0.3) is 0 Å². The molecule has 0 fully saturated rings. The smallest absolute Gasteiger partial charge is 0.174 e. The van der Waals surface area contributed by atoms with E-state index < -0.39 is 0 Å². The summed E-state index contributed by atoms with van der Waals surface area (Å²) in [5.74, 6) is 0. The zero-order valence-electron chi connectivity index (χ0n) is 6.05. The Labute approximate surface area is 78.5 Å². The van der Waals surface area contributed by atoms with Crippen LogP contribution in [0.4, 0.5) is 0 Å². The van der Waals surface area contributed by atoms with Gasteiger partial charge in [0.15, 0.2) is 5.06 Å². The van der Waals surface area contributed by atoms with E-state index >= 15 is 0 Å². The molecule has 4 heteroatoms. The van der Waals surface area contributed by atoms with Crippen molar-refractivity contribution in [3.8, 4) is 5.06 Å². The van der Waals surface area contributed by atoms with Gasteiger partial charge in [-0.2, -0.15) is 0 Å². The summed E-state index contributed by atoms with van der Waals surface area (Å²) < 4.78 is 6.47. The van der Waals surface area contributed by atoms with Crippen LogP contribution in [-0.2, 0) is 0 Å². The summed E-state index contributed by atoms with van der Waals surface area (Å²) >= 11 is 4.95. The zero-order valence-corrected chi connectivity index (χ0v) is 8.45. The van der Waals surface area contributed by atoms with E-state index in [1.54, 1.807) is 11.3 Å². The number of hydrogen-bond acceptors (Lipinski definition) is 3. The molecule has 11 heavy (non-hydrogen) atoms. The van der Waals surface area contributed by atoms with Gasteiger partial charge in [-0.1, -0.05) is 11.3 Å². The van der Waals surface area contributed by atoms with Crippen LogP contribution < -0.4 is 10.5 Å². The third kappa shape index (κ3) is 3.22. The first-order valence-electron chi connectivity index (χ1n) is 3.41. The minimum Gasteiger partial charge on any atom is -0.484 e. The summed E-state index contributed by atoms with van der Waals surface area (Å²) in [5.41, 5.74) is 5.31. The topological polar surface area (TPSA) is 35.2 Å². The molecule has 1 rings (SSSR count). The number of nitrogens with two attached hydrogens (primary N) is 1. The van der Waals surface area contributed by atoms with Gasteiger partial charge in [0, 0.05) is 0 Å². The molecule has 62 valence electrons. The molecule has 2 N–H and O–H groups in total. The Kier molecular flexibility index (Phi) is 3.90. The van der Waals surface area contributed by atoms with E-state index in [9.17, 15) is 0 Å². The second-order valence-corrected chi connectivity index (χ2v) is 4.47. The van der Waals surface area contributed by atoms with Gasteiger partial charge in [-0.05, 0) is 41.0 Å². The van der Waals surface area contributed by atoms with Crippen molar-refractivity contribution in [2.24, 2.45) is 5.73 Å². The van der Waals surface area contributed by atoms with Crippen LogP contribution >= 0.6 is 27.3 Å². The van der Waals surface area contributed by atoms with E-state index in [0.29, 0.717) is 13.2 Å². The highest BCUT2D eigenvalue weighted by atomic mass is 79.9. The van der Waals surface area contributed by atoms with Crippen molar-refractivity contribution in [1.82, 2.24) is 0 Å². The number of hydrogen-bond donors (Lipinski definition) is 1. The fourth-order valence-electron chi connectivity index (χ4n) is 0.631. The molecule has 1 aromatic rings. The summed E-state index contributed by atoms with van der Waals surface area (Å²) in [7, 11) is 0. The minimum atomic E-state index is 0.687. The number of ether oxygens (including phenoxy) is 1. The summed E-state index contributed by atoms with van der Waals surface area (Å²) in [6.07, 6.45) is 0.912. The Hall–Kier alpha value is -0.0600. The average Bonchev–Trinajstić information content (AvgIpc) is 2.37. The van der Waals surface area contributed by atoms with Crippen LogP contribution in [0.25, 0.3) is 0 Å². The van der Waals surface area contributed by atoms with Crippen LogP contribution in [0.2, 0.25) is 0 Å². The lowest BCUT2D eigenvalue weighted by atomic mass is 10.5. The standard InChI is InChI=1S/C7H10BrNOS/c8-6-2-3-7(11-6)10-5-1-4-9/h2-3H,1,4-5,9H2. The van der Waals surface area contributed by atoms with Crippen molar-refractivity contribution in [3.63, 3.8) is 0 Å². The van der Waals surface area contributed by atoms with Crippen LogP contribution in [0.3, 0.4) is 0 Å². The zero-order chi connectivity index (χ0) is 8.10. The van der Waals surface area contributed by atoms with Crippen LogP contribution in [0, 0.1) is 0 Å². The normalized spacial score (nSPS) is 10.0. The van der Waals surface area contributed by atoms with Crippen molar-refractivity contribution < 1.29 is 4.74 Å². The van der Waals surface area contributed by atoms with Gasteiger partial charge < -0.3 is 10.5 Å². The molecule has 2 nitrogen and oxygen atoms in total. The van der Waals surface area contributed by atoms with Gasteiger partial charge in [0.2, 0.25) is 0 Å². The average molecular weight is 236 g/mol. The Balaban J connectivity index is 2.27. The van der Waals surface area contributed by atoms with Crippen LogP contribution in [-0.4, -0.2) is 13.2 Å². The largest absolute Gasteiger partial charge is 0.484 e. The lowest BCUT2D eigenvalue weighted by molar-refractivity contribution is 0.322. The molecule has 1 heterocycles. The predicted octanol–water partition coefficient (Wildman–Crippen LogP) is 2.24. The molecule has 0 radical (unpaired) electrons. The van der Waals surface area contributed by atoms with Crippen LogP contribution in [0.15, 0.2) is 15.9 Å². The molecule has 1 aromatic heterocycles. The molecular formula is C7H10BrNOS. The van der Waals surface area contributed by atoms with Gasteiger partial charge in [-0.25, -0.2) is 0 Å². The fraction of sp³-hybridized carbons (Fsp3) is 0.429. The third-order valence-corrected chi connectivity index (χ3v) is 2.68. The summed E-state index contributed by atoms with van der Waals surface area (Å²) in [4.78, 5) is 0. The Morgan fingerprint density at radius 3 is 2.91 bits per heavy atom. The number of thiophene rings is 1. The Morgan fingerprint density at radius 1 is 1.55 bits per heavy atom. The first-order chi connectivity index (χ1) is 5.33. The first kappa shape index (κ1) is 9.03. The molecule has 0 saturated carbocycles. The van der Waals surface area contributed by atoms with E-state index in [4.69, 9.17) is 10.5 Å². The molecule has 0 amide bonds. The summed E-state index contributed by atoms with van der Waals surface area (Å²) in [6, 6.07) is 3.92. The maximum Gasteiger partial charge on any atom is 0.174 e.